The van der Waals surface area contributed by atoms with Crippen LogP contribution < -0.4 is 0 Å². The molecule has 0 radical (unpaired) electrons. The highest BCUT2D eigenvalue weighted by Gasteiger charge is 2.41. The average Bonchev–Trinajstić information content (AvgIpc) is 2.34. The molecule has 0 heterocycles. The maximum Gasteiger partial charge on any atom is 0.336 e. The van der Waals surface area contributed by atoms with Gasteiger partial charge in [-0.3, -0.25) is 19.2 Å². The second-order valence-electron chi connectivity index (χ2n) is 4.96. The van der Waals surface area contributed by atoms with E-state index in [4.69, 9.17) is 40.9 Å². The van der Waals surface area contributed by atoms with Crippen molar-refractivity contribution in [1.29, 1.82) is 0 Å². The maximum atomic E-state index is 10.3. The van der Waals surface area contributed by atoms with Crippen LogP contribution in [0, 0.1) is 0 Å². The van der Waals surface area contributed by atoms with Gasteiger partial charge < -0.3 is 46.3 Å². The van der Waals surface area contributed by atoms with Gasteiger partial charge in [0, 0.05) is 0 Å². The van der Waals surface area contributed by atoms with Gasteiger partial charge in [0.25, 0.3) is 0 Å². The standard InChI is InChI=1S/2C6H8O7.3Mg.H2O.6H/c2*7-3(8)1-6(13,5(11)12)2-4(9)10;;;;;;;;;;/h2*13H,1-2H2,(H,7,8)(H,9,10)(H,11,12);;;;1H2;;;;;;. The van der Waals surface area contributed by atoms with E-state index in [0.29, 0.717) is 0 Å². The minimum absolute atomic E-state index is 0. The summed E-state index contributed by atoms with van der Waals surface area (Å²) in [6.45, 7) is 0. The van der Waals surface area contributed by atoms with Crippen LogP contribution in [-0.4, -0.2) is 163 Å². The zero-order valence-electron chi connectivity index (χ0n) is 13.4. The Labute approximate surface area is 215 Å². The molecule has 0 fully saturated rings. The fraction of sp³-hybridized carbons (Fsp3) is 0.500. The van der Waals surface area contributed by atoms with Gasteiger partial charge in [-0.2, -0.15) is 0 Å². The minimum Gasteiger partial charge on any atom is -0.481 e. The second-order valence-corrected chi connectivity index (χ2v) is 4.96. The number of hydrogen-bond acceptors (Lipinski definition) is 8. The summed E-state index contributed by atoms with van der Waals surface area (Å²) in [6.07, 6.45) is -4.58. The van der Waals surface area contributed by atoms with Crippen molar-refractivity contribution in [1.82, 2.24) is 0 Å². The first kappa shape index (κ1) is 43.0. The Morgan fingerprint density at radius 1 is 0.467 bits per heavy atom. The molecule has 0 aliphatic rings. The van der Waals surface area contributed by atoms with E-state index >= 15 is 0 Å². The third-order valence-corrected chi connectivity index (χ3v) is 2.57. The van der Waals surface area contributed by atoms with Crippen LogP contribution in [0.3, 0.4) is 0 Å². The number of rotatable bonds is 10. The van der Waals surface area contributed by atoms with Crippen LogP contribution in [0.25, 0.3) is 0 Å². The third-order valence-electron chi connectivity index (χ3n) is 2.57. The molecule has 18 heteroatoms. The van der Waals surface area contributed by atoms with Crippen LogP contribution in [0.4, 0.5) is 0 Å². The molecule has 0 atom stereocenters. The smallest absolute Gasteiger partial charge is 0.336 e. The molecular weight excluding hydrogens is 457 g/mol. The van der Waals surface area contributed by atoms with E-state index in [2.05, 4.69) is 0 Å². The number of carboxylic acid groups (broad SMARTS) is 6. The minimum atomic E-state index is -2.74. The summed E-state index contributed by atoms with van der Waals surface area (Å²) in [5.41, 5.74) is -5.48. The van der Waals surface area contributed by atoms with Gasteiger partial charge in [0.05, 0.1) is 25.7 Å². The molecule has 10 N–H and O–H groups in total. The number of carboxylic acids is 6. The Kier molecular flexibility index (Phi) is 26.9. The van der Waals surface area contributed by atoms with Crippen LogP contribution in [0.15, 0.2) is 0 Å². The normalized spacial score (nSPS) is 9.40. The van der Waals surface area contributed by atoms with Crippen LogP contribution in [0.2, 0.25) is 0 Å². The van der Waals surface area contributed by atoms with Crippen LogP contribution in [0.5, 0.6) is 0 Å². The van der Waals surface area contributed by atoms with Crippen molar-refractivity contribution in [2.75, 3.05) is 0 Å². The summed E-state index contributed by atoms with van der Waals surface area (Å²) < 4.78 is 0. The molecule has 0 bridgehead atoms. The summed E-state index contributed by atoms with van der Waals surface area (Å²) in [5.74, 6) is -10.0. The molecule has 0 aromatic carbocycles. The molecule has 0 saturated heterocycles. The van der Waals surface area contributed by atoms with Crippen LogP contribution >= 0.6 is 0 Å². The highest BCUT2D eigenvalue weighted by atomic mass is 24.3. The first-order chi connectivity index (χ1) is 11.6. The lowest BCUT2D eigenvalue weighted by atomic mass is 9.96. The molecule has 0 amide bonds. The average molecular weight is 481 g/mol. The van der Waals surface area contributed by atoms with Crippen molar-refractivity contribution >= 4 is 105 Å². The van der Waals surface area contributed by atoms with Gasteiger partial charge in [-0.05, 0) is 0 Å². The predicted molar refractivity (Wildman–Crippen MR) is 103 cm³/mol. The molecule has 0 unspecified atom stereocenters. The largest absolute Gasteiger partial charge is 0.481 e. The lowest BCUT2D eigenvalue weighted by Gasteiger charge is -2.18. The molecule has 0 aliphatic heterocycles. The van der Waals surface area contributed by atoms with Crippen LogP contribution in [-0.2, 0) is 28.8 Å². The molecule has 0 saturated carbocycles. The summed E-state index contributed by atoms with van der Waals surface area (Å²) >= 11 is 0. The molecule has 0 aromatic heterocycles. The first-order valence-corrected chi connectivity index (χ1v) is 6.34. The third kappa shape index (κ3) is 19.0. The number of carbonyl (C=O) groups is 6. The van der Waals surface area contributed by atoms with E-state index in [1.165, 1.54) is 0 Å². The number of aliphatic carboxylic acids is 6. The molecule has 30 heavy (non-hydrogen) atoms. The van der Waals surface area contributed by atoms with E-state index in [-0.39, 0.29) is 74.6 Å². The lowest BCUT2D eigenvalue weighted by Crippen LogP contribution is -2.42. The Morgan fingerprint density at radius 2 is 0.600 bits per heavy atom. The fourth-order valence-corrected chi connectivity index (χ4v) is 1.43. The maximum absolute atomic E-state index is 10.3. The van der Waals surface area contributed by atoms with Gasteiger partial charge in [-0.15, -0.1) is 0 Å². The van der Waals surface area contributed by atoms with E-state index in [1.54, 1.807) is 0 Å². The van der Waals surface area contributed by atoms with E-state index in [9.17, 15) is 28.8 Å². The van der Waals surface area contributed by atoms with Gasteiger partial charge in [0.1, 0.15) is 0 Å². The SMILES string of the molecule is O.O=C(O)CC(O)(CC(=O)O)C(=O)O.O=C(O)CC(O)(CC(=O)O)C(=O)O.[MgH2].[MgH2].[MgH2]. The fourth-order valence-electron chi connectivity index (χ4n) is 1.43. The monoisotopic (exact) mass is 480 g/mol. The summed E-state index contributed by atoms with van der Waals surface area (Å²) in [5, 5.41) is 67.6. The zero-order chi connectivity index (χ0) is 21.3. The van der Waals surface area contributed by atoms with Gasteiger partial charge in [-0.25, -0.2) is 9.59 Å². The van der Waals surface area contributed by atoms with Crippen molar-refractivity contribution in [2.24, 2.45) is 0 Å². The van der Waals surface area contributed by atoms with Gasteiger partial charge >= 0.3 is 105 Å². The molecule has 0 rings (SSSR count). The molecule has 15 nitrogen and oxygen atoms in total. The van der Waals surface area contributed by atoms with Gasteiger partial charge in [0.15, 0.2) is 11.2 Å². The van der Waals surface area contributed by atoms with Gasteiger partial charge in [-0.1, -0.05) is 0 Å². The Bertz CT molecular complexity index is 522. The number of aliphatic hydroxyl groups is 2. The predicted octanol–water partition coefficient (Wildman–Crippen LogP) is -6.07. The summed E-state index contributed by atoms with van der Waals surface area (Å²) in [6, 6.07) is 0. The first-order valence-electron chi connectivity index (χ1n) is 6.34. The number of hydrogen-bond donors (Lipinski definition) is 8. The molecular formula is C12H24Mg3O15. The topological polar surface area (TPSA) is 296 Å². The van der Waals surface area contributed by atoms with Crippen molar-refractivity contribution < 1.29 is 75.1 Å². The molecule has 0 aliphatic carbocycles. The lowest BCUT2D eigenvalue weighted by molar-refractivity contribution is -0.170. The van der Waals surface area contributed by atoms with E-state index in [1.807, 2.05) is 0 Å². The highest BCUT2D eigenvalue weighted by Crippen LogP contribution is 2.16. The quantitative estimate of drug-likeness (QED) is 0.135. The molecule has 0 spiro atoms. The summed E-state index contributed by atoms with van der Waals surface area (Å²) in [4.78, 5) is 61.0. The zero-order valence-corrected chi connectivity index (χ0v) is 13.4. The Morgan fingerprint density at radius 3 is 0.667 bits per heavy atom. The van der Waals surface area contributed by atoms with E-state index < -0.39 is 72.7 Å². The van der Waals surface area contributed by atoms with Crippen molar-refractivity contribution in [2.45, 2.75) is 36.9 Å². The molecule has 0 aromatic rings. The second kappa shape index (κ2) is 18.7. The molecule has 168 valence electrons. The Hall–Kier alpha value is -1.00. The van der Waals surface area contributed by atoms with Crippen molar-refractivity contribution in [3.8, 4) is 0 Å². The van der Waals surface area contributed by atoms with Gasteiger partial charge in [0.2, 0.25) is 0 Å². The summed E-state index contributed by atoms with van der Waals surface area (Å²) in [7, 11) is 0. The van der Waals surface area contributed by atoms with Crippen molar-refractivity contribution in [3.05, 3.63) is 0 Å². The Balaban J connectivity index is -0.0000000847. The van der Waals surface area contributed by atoms with Crippen molar-refractivity contribution in [3.63, 3.8) is 0 Å². The van der Waals surface area contributed by atoms with E-state index in [0.717, 1.165) is 0 Å². The highest BCUT2D eigenvalue weighted by molar-refractivity contribution is 5.88. The van der Waals surface area contributed by atoms with Crippen LogP contribution in [0.1, 0.15) is 25.7 Å².